The number of amides is 2. The van der Waals surface area contributed by atoms with E-state index in [0.29, 0.717) is 12.1 Å². The van der Waals surface area contributed by atoms with Gasteiger partial charge in [0, 0.05) is 12.1 Å². The number of nitrogens with one attached hydrogen (secondary N) is 1. The molecule has 0 aliphatic carbocycles. The lowest BCUT2D eigenvalue weighted by atomic mass is 10.1. The van der Waals surface area contributed by atoms with Crippen LogP contribution in [0.25, 0.3) is 0 Å². The van der Waals surface area contributed by atoms with E-state index in [9.17, 15) is 9.59 Å². The maximum absolute atomic E-state index is 12.4. The Morgan fingerprint density at radius 2 is 1.82 bits per heavy atom. The topological polar surface area (TPSA) is 81.4 Å². The van der Waals surface area contributed by atoms with E-state index in [1.165, 1.54) is 18.2 Å². The normalized spacial score (nSPS) is 11.8. The van der Waals surface area contributed by atoms with Crippen molar-refractivity contribution in [3.05, 3.63) is 64.2 Å². The van der Waals surface area contributed by atoms with Crippen LogP contribution in [0.4, 0.5) is 0 Å². The van der Waals surface area contributed by atoms with Crippen LogP contribution in [0, 0.1) is 0 Å². The van der Waals surface area contributed by atoms with Gasteiger partial charge in [-0.25, -0.2) is 0 Å². The molecule has 28 heavy (non-hydrogen) atoms. The SMILES string of the molecule is CC(C)(C)[Si](C)(C)Oc1cccc(CNC(=O)c2ccc(C(N)=O)c(Cl)c2)c1. The number of halogens is 1. The average Bonchev–Trinajstić information content (AvgIpc) is 2.58. The third-order valence-corrected chi connectivity index (χ3v) is 9.70. The molecule has 0 radical (unpaired) electrons. The van der Waals surface area contributed by atoms with Crippen molar-refractivity contribution in [2.75, 3.05) is 0 Å². The van der Waals surface area contributed by atoms with Crippen molar-refractivity contribution >= 4 is 31.7 Å². The molecule has 7 heteroatoms. The minimum Gasteiger partial charge on any atom is -0.543 e. The monoisotopic (exact) mass is 418 g/mol. The number of nitrogens with two attached hydrogens (primary N) is 1. The lowest BCUT2D eigenvalue weighted by Crippen LogP contribution is -2.43. The summed E-state index contributed by atoms with van der Waals surface area (Å²) in [6.45, 7) is 11.3. The van der Waals surface area contributed by atoms with Crippen molar-refractivity contribution in [2.45, 2.75) is 45.4 Å². The molecule has 0 heterocycles. The molecule has 0 unspecified atom stereocenters. The van der Waals surface area contributed by atoms with Gasteiger partial charge in [0.15, 0.2) is 0 Å². The highest BCUT2D eigenvalue weighted by atomic mass is 35.5. The third-order valence-electron chi connectivity index (χ3n) is 5.03. The van der Waals surface area contributed by atoms with Crippen LogP contribution < -0.4 is 15.5 Å². The number of primary amides is 1. The molecule has 150 valence electrons. The number of benzene rings is 2. The minimum absolute atomic E-state index is 0.105. The lowest BCUT2D eigenvalue weighted by Gasteiger charge is -2.36. The van der Waals surface area contributed by atoms with Gasteiger partial charge in [-0.1, -0.05) is 44.5 Å². The summed E-state index contributed by atoms with van der Waals surface area (Å²) in [5, 5.41) is 3.12. The van der Waals surface area contributed by atoms with E-state index in [1.54, 1.807) is 0 Å². The Kier molecular flexibility index (Phi) is 6.57. The second-order valence-corrected chi connectivity index (χ2v) is 13.4. The van der Waals surface area contributed by atoms with Gasteiger partial charge in [-0.2, -0.15) is 0 Å². The van der Waals surface area contributed by atoms with Crippen molar-refractivity contribution < 1.29 is 14.0 Å². The first-order chi connectivity index (χ1) is 12.9. The van der Waals surface area contributed by atoms with Gasteiger partial charge in [0.1, 0.15) is 5.75 Å². The molecular formula is C21H27ClN2O3Si. The summed E-state index contributed by atoms with van der Waals surface area (Å²) in [6.07, 6.45) is 0. The van der Waals surface area contributed by atoms with Gasteiger partial charge in [0.2, 0.25) is 14.2 Å². The van der Waals surface area contributed by atoms with Crippen LogP contribution in [0.15, 0.2) is 42.5 Å². The van der Waals surface area contributed by atoms with Gasteiger partial charge in [-0.3, -0.25) is 9.59 Å². The maximum atomic E-state index is 12.4. The fraction of sp³-hybridized carbons (Fsp3) is 0.333. The van der Waals surface area contributed by atoms with Crippen molar-refractivity contribution in [1.29, 1.82) is 0 Å². The van der Waals surface area contributed by atoms with E-state index in [0.717, 1.165) is 11.3 Å². The molecule has 0 aliphatic heterocycles. The Morgan fingerprint density at radius 3 is 2.39 bits per heavy atom. The number of rotatable bonds is 6. The van der Waals surface area contributed by atoms with E-state index in [1.807, 2.05) is 24.3 Å². The minimum atomic E-state index is -1.93. The molecule has 0 aliphatic rings. The predicted molar refractivity (Wildman–Crippen MR) is 115 cm³/mol. The Bertz CT molecular complexity index is 891. The molecule has 2 aromatic rings. The molecule has 2 amide bonds. The molecule has 0 bridgehead atoms. The van der Waals surface area contributed by atoms with Gasteiger partial charge in [0.05, 0.1) is 10.6 Å². The molecular weight excluding hydrogens is 392 g/mol. The summed E-state index contributed by atoms with van der Waals surface area (Å²) < 4.78 is 6.31. The van der Waals surface area contributed by atoms with Gasteiger partial charge in [0.25, 0.3) is 5.91 Å². The van der Waals surface area contributed by atoms with Crippen molar-refractivity contribution in [3.8, 4) is 5.75 Å². The second kappa shape index (κ2) is 8.37. The highest BCUT2D eigenvalue weighted by molar-refractivity contribution is 6.74. The van der Waals surface area contributed by atoms with Gasteiger partial charge in [-0.05, 0) is 54.0 Å². The number of carbonyl (C=O) groups is 2. The fourth-order valence-corrected chi connectivity index (χ4v) is 3.60. The zero-order valence-electron chi connectivity index (χ0n) is 16.9. The number of hydrogen-bond acceptors (Lipinski definition) is 3. The Labute approximate surface area is 172 Å². The smallest absolute Gasteiger partial charge is 0.251 e. The molecule has 0 saturated heterocycles. The van der Waals surface area contributed by atoms with Crippen LogP contribution in [-0.2, 0) is 6.54 Å². The van der Waals surface area contributed by atoms with Crippen LogP contribution in [0.2, 0.25) is 23.2 Å². The first kappa shape index (κ1) is 22.0. The van der Waals surface area contributed by atoms with Gasteiger partial charge >= 0.3 is 0 Å². The summed E-state index contributed by atoms with van der Waals surface area (Å²) in [7, 11) is -1.93. The third kappa shape index (κ3) is 5.36. The average molecular weight is 419 g/mol. The second-order valence-electron chi connectivity index (χ2n) is 8.25. The first-order valence-electron chi connectivity index (χ1n) is 9.06. The number of carbonyl (C=O) groups excluding carboxylic acids is 2. The van der Waals surface area contributed by atoms with E-state index < -0.39 is 14.2 Å². The molecule has 0 aromatic heterocycles. The van der Waals surface area contributed by atoms with E-state index in [-0.39, 0.29) is 21.5 Å². The molecule has 0 atom stereocenters. The largest absolute Gasteiger partial charge is 0.543 e. The molecule has 0 fully saturated rings. The van der Waals surface area contributed by atoms with E-state index >= 15 is 0 Å². The van der Waals surface area contributed by atoms with Crippen LogP contribution in [0.3, 0.4) is 0 Å². The van der Waals surface area contributed by atoms with Gasteiger partial charge in [-0.15, -0.1) is 0 Å². The Morgan fingerprint density at radius 1 is 1.14 bits per heavy atom. The predicted octanol–water partition coefficient (Wildman–Crippen LogP) is 4.75. The highest BCUT2D eigenvalue weighted by Gasteiger charge is 2.38. The van der Waals surface area contributed by atoms with Crippen LogP contribution in [0.5, 0.6) is 5.75 Å². The van der Waals surface area contributed by atoms with Crippen LogP contribution in [0.1, 0.15) is 47.1 Å². The summed E-state index contributed by atoms with van der Waals surface area (Å²) in [4.78, 5) is 23.6. The van der Waals surface area contributed by atoms with Crippen LogP contribution >= 0.6 is 11.6 Å². The molecule has 0 spiro atoms. The molecule has 5 nitrogen and oxygen atoms in total. The van der Waals surface area contributed by atoms with Crippen LogP contribution in [-0.4, -0.2) is 20.1 Å². The van der Waals surface area contributed by atoms with Crippen molar-refractivity contribution in [1.82, 2.24) is 5.32 Å². The molecule has 2 aromatic carbocycles. The number of hydrogen-bond donors (Lipinski definition) is 2. The summed E-state index contributed by atoms with van der Waals surface area (Å²) >= 11 is 6.01. The standard InChI is InChI=1S/C21H27ClN2O3Si/c1-21(2,3)28(4,5)27-16-8-6-7-14(11-16)13-24-20(26)15-9-10-17(19(23)25)18(22)12-15/h6-12H,13H2,1-5H3,(H2,23,25)(H,24,26). The van der Waals surface area contributed by atoms with Gasteiger partial charge < -0.3 is 15.5 Å². The summed E-state index contributed by atoms with van der Waals surface area (Å²) in [6, 6.07) is 12.2. The fourth-order valence-electron chi connectivity index (χ4n) is 2.31. The van der Waals surface area contributed by atoms with E-state index in [2.05, 4.69) is 39.2 Å². The molecule has 3 N–H and O–H groups in total. The Balaban J connectivity index is 2.06. The molecule has 2 rings (SSSR count). The lowest BCUT2D eigenvalue weighted by molar-refractivity contribution is 0.0948. The highest BCUT2D eigenvalue weighted by Crippen LogP contribution is 2.37. The maximum Gasteiger partial charge on any atom is 0.251 e. The summed E-state index contributed by atoms with van der Waals surface area (Å²) in [5.74, 6) is -0.101. The first-order valence-corrected chi connectivity index (χ1v) is 12.3. The molecule has 0 saturated carbocycles. The quantitative estimate of drug-likeness (QED) is 0.664. The Hall–Kier alpha value is -2.31. The van der Waals surface area contributed by atoms with Crippen molar-refractivity contribution in [2.24, 2.45) is 5.73 Å². The van der Waals surface area contributed by atoms with E-state index in [4.69, 9.17) is 21.8 Å². The zero-order valence-corrected chi connectivity index (χ0v) is 18.7. The van der Waals surface area contributed by atoms with Crippen molar-refractivity contribution in [3.63, 3.8) is 0 Å². The summed E-state index contributed by atoms with van der Waals surface area (Å²) in [5.41, 5.74) is 6.71. The zero-order chi connectivity index (χ0) is 21.1.